The molecular weight excluding hydrogens is 913 g/mol. The molecule has 0 aromatic carbocycles. The number of esters is 3. The molecule has 0 heterocycles. The van der Waals surface area contributed by atoms with Crippen LogP contribution in [0.5, 0.6) is 0 Å². The highest BCUT2D eigenvalue weighted by Gasteiger charge is 2.19. The van der Waals surface area contributed by atoms with Gasteiger partial charge in [-0.15, -0.1) is 0 Å². The SMILES string of the molecule is CC/C=C\C/C=C\C/C=C\C/C=C\C/C=C\C/C=C\C/C=C\CCCCCC(=O)OCC(COC(=O)CCCCCCCC)OC(=O)CCCCCCCC/C=C\C/C=C\C/C=C\C/C=C\C/C=C\C/C=C\CC. The third kappa shape index (κ3) is 57.9. The van der Waals surface area contributed by atoms with Crippen LogP contribution >= 0.6 is 0 Å². The van der Waals surface area contributed by atoms with E-state index in [1.807, 2.05) is 0 Å². The number of allylic oxidation sites excluding steroid dienone is 26. The summed E-state index contributed by atoms with van der Waals surface area (Å²) in [6.07, 6.45) is 88.4. The van der Waals surface area contributed by atoms with Gasteiger partial charge in [-0.2, -0.15) is 0 Å². The van der Waals surface area contributed by atoms with E-state index in [2.05, 4.69) is 179 Å². The molecule has 0 saturated heterocycles. The van der Waals surface area contributed by atoms with Gasteiger partial charge in [0.1, 0.15) is 13.2 Å². The van der Waals surface area contributed by atoms with Crippen LogP contribution in [0.4, 0.5) is 0 Å². The number of carbonyl (C=O) groups excluding carboxylic acids is 3. The van der Waals surface area contributed by atoms with Crippen molar-refractivity contribution in [2.24, 2.45) is 0 Å². The molecule has 0 aromatic heterocycles. The van der Waals surface area contributed by atoms with E-state index in [9.17, 15) is 14.4 Å². The minimum absolute atomic E-state index is 0.102. The van der Waals surface area contributed by atoms with Crippen LogP contribution in [0.1, 0.15) is 233 Å². The van der Waals surface area contributed by atoms with Crippen LogP contribution in [0.3, 0.4) is 0 Å². The van der Waals surface area contributed by atoms with Crippen molar-refractivity contribution in [3.8, 4) is 0 Å². The molecule has 6 heteroatoms. The molecule has 0 radical (unpaired) electrons. The van der Waals surface area contributed by atoms with E-state index in [1.165, 1.54) is 32.1 Å². The Balaban J connectivity index is 4.30. The molecule has 0 spiro atoms. The number of carbonyl (C=O) groups is 3. The molecule has 0 bridgehead atoms. The average molecular weight is 1020 g/mol. The molecule has 74 heavy (non-hydrogen) atoms. The van der Waals surface area contributed by atoms with E-state index in [1.54, 1.807) is 0 Å². The molecule has 0 rings (SSSR count). The number of rotatable bonds is 51. The molecule has 6 nitrogen and oxygen atoms in total. The van der Waals surface area contributed by atoms with Gasteiger partial charge in [0, 0.05) is 19.3 Å². The molecule has 0 amide bonds. The highest BCUT2D eigenvalue weighted by molar-refractivity contribution is 5.71. The molecule has 1 unspecified atom stereocenters. The summed E-state index contributed by atoms with van der Waals surface area (Å²) in [5, 5.41) is 0. The fourth-order valence-electron chi connectivity index (χ4n) is 7.42. The first-order valence-corrected chi connectivity index (χ1v) is 29.5. The maximum Gasteiger partial charge on any atom is 0.306 e. The number of hydrogen-bond acceptors (Lipinski definition) is 6. The second kappa shape index (κ2) is 60.6. The Hall–Kier alpha value is -4.97. The molecule has 0 saturated carbocycles. The van der Waals surface area contributed by atoms with E-state index < -0.39 is 6.10 Å². The van der Waals surface area contributed by atoms with E-state index in [0.717, 1.165) is 161 Å². The van der Waals surface area contributed by atoms with E-state index in [-0.39, 0.29) is 31.1 Å². The average Bonchev–Trinajstić information content (AvgIpc) is 3.40. The predicted octanol–water partition coefficient (Wildman–Crippen LogP) is 20.1. The lowest BCUT2D eigenvalue weighted by Gasteiger charge is -2.18. The summed E-state index contributed by atoms with van der Waals surface area (Å²) in [7, 11) is 0. The Morgan fingerprint density at radius 2 is 0.527 bits per heavy atom. The van der Waals surface area contributed by atoms with Crippen molar-refractivity contribution in [2.75, 3.05) is 13.2 Å². The van der Waals surface area contributed by atoms with Gasteiger partial charge in [0.2, 0.25) is 0 Å². The summed E-state index contributed by atoms with van der Waals surface area (Å²) in [6, 6.07) is 0. The quantitative estimate of drug-likeness (QED) is 0.0261. The number of hydrogen-bond donors (Lipinski definition) is 0. The minimum atomic E-state index is -0.805. The van der Waals surface area contributed by atoms with Crippen molar-refractivity contribution in [1.82, 2.24) is 0 Å². The zero-order valence-corrected chi connectivity index (χ0v) is 47.3. The van der Waals surface area contributed by atoms with Gasteiger partial charge in [0.15, 0.2) is 6.10 Å². The fourth-order valence-corrected chi connectivity index (χ4v) is 7.42. The van der Waals surface area contributed by atoms with Gasteiger partial charge in [-0.3, -0.25) is 14.4 Å². The Bertz CT molecular complexity index is 1690. The summed E-state index contributed by atoms with van der Waals surface area (Å²) in [4.78, 5) is 37.9. The molecule has 0 aromatic rings. The van der Waals surface area contributed by atoms with Crippen LogP contribution in [0.25, 0.3) is 0 Å². The topological polar surface area (TPSA) is 78.9 Å². The molecular formula is C68H106O6. The normalized spacial score (nSPS) is 13.3. The van der Waals surface area contributed by atoms with Crippen molar-refractivity contribution in [3.63, 3.8) is 0 Å². The van der Waals surface area contributed by atoms with Crippen molar-refractivity contribution in [2.45, 2.75) is 239 Å². The summed E-state index contributed by atoms with van der Waals surface area (Å²) in [5.74, 6) is -0.969. The molecule has 0 aliphatic heterocycles. The Labute approximate surface area is 454 Å². The van der Waals surface area contributed by atoms with Crippen molar-refractivity contribution in [1.29, 1.82) is 0 Å². The zero-order valence-electron chi connectivity index (χ0n) is 47.3. The Morgan fingerprint density at radius 3 is 0.838 bits per heavy atom. The van der Waals surface area contributed by atoms with Crippen LogP contribution in [0.15, 0.2) is 158 Å². The van der Waals surface area contributed by atoms with Crippen molar-refractivity contribution < 1.29 is 28.6 Å². The van der Waals surface area contributed by atoms with Crippen LogP contribution in [-0.4, -0.2) is 37.2 Å². The lowest BCUT2D eigenvalue weighted by atomic mass is 10.1. The van der Waals surface area contributed by atoms with Crippen LogP contribution < -0.4 is 0 Å². The lowest BCUT2D eigenvalue weighted by Crippen LogP contribution is -2.30. The van der Waals surface area contributed by atoms with Crippen LogP contribution in [-0.2, 0) is 28.6 Å². The summed E-state index contributed by atoms with van der Waals surface area (Å²) < 4.78 is 16.7. The first-order chi connectivity index (χ1) is 36.5. The molecule has 0 aliphatic carbocycles. The Morgan fingerprint density at radius 1 is 0.284 bits per heavy atom. The van der Waals surface area contributed by atoms with Gasteiger partial charge in [-0.05, 0) is 128 Å². The van der Waals surface area contributed by atoms with Gasteiger partial charge in [0.25, 0.3) is 0 Å². The Kier molecular flexibility index (Phi) is 56.5. The van der Waals surface area contributed by atoms with Gasteiger partial charge in [-0.25, -0.2) is 0 Å². The number of unbranched alkanes of at least 4 members (excludes halogenated alkanes) is 14. The molecule has 1 atom stereocenters. The second-order valence-electron chi connectivity index (χ2n) is 18.8. The standard InChI is InChI=1S/C68H106O6/c1-4-7-10-13-16-18-20-22-24-26-28-30-32-34-36-38-40-42-44-46-48-50-52-55-58-61-67(70)73-64-65(63-72-66(69)60-57-54-15-12-9-6-3)74-68(71)62-59-56-53-51-49-47-45-43-41-39-37-35-33-31-29-27-25-23-21-19-17-14-11-8-5-2/h7-8,10-11,16-19,22-25,28-31,34-37,40-43,46,48,65H,4-6,9,12-15,20-21,26-27,32-33,38-39,44-45,47,49-64H2,1-3H3/b10-7-,11-8-,18-16-,19-17-,24-22-,25-23-,30-28-,31-29-,36-34-,37-35-,42-40-,43-41-,48-46-. The first kappa shape index (κ1) is 69.0. The molecule has 0 fully saturated rings. The van der Waals surface area contributed by atoms with Gasteiger partial charge in [0.05, 0.1) is 0 Å². The monoisotopic (exact) mass is 1020 g/mol. The summed E-state index contributed by atoms with van der Waals surface area (Å²) >= 11 is 0. The van der Waals surface area contributed by atoms with Crippen LogP contribution in [0, 0.1) is 0 Å². The smallest absolute Gasteiger partial charge is 0.306 e. The van der Waals surface area contributed by atoms with E-state index >= 15 is 0 Å². The van der Waals surface area contributed by atoms with Crippen molar-refractivity contribution in [3.05, 3.63) is 158 Å². The second-order valence-corrected chi connectivity index (χ2v) is 18.8. The minimum Gasteiger partial charge on any atom is -0.462 e. The zero-order chi connectivity index (χ0) is 53.6. The maximum atomic E-state index is 12.8. The van der Waals surface area contributed by atoms with E-state index in [0.29, 0.717) is 19.3 Å². The largest absolute Gasteiger partial charge is 0.462 e. The highest BCUT2D eigenvalue weighted by Crippen LogP contribution is 2.13. The fraction of sp³-hybridized carbons (Fsp3) is 0.574. The molecule has 0 aliphatic rings. The predicted molar refractivity (Wildman–Crippen MR) is 320 cm³/mol. The molecule has 0 N–H and O–H groups in total. The third-order valence-electron chi connectivity index (χ3n) is 11.8. The number of ether oxygens (including phenoxy) is 3. The lowest BCUT2D eigenvalue weighted by molar-refractivity contribution is -0.167. The third-order valence-corrected chi connectivity index (χ3v) is 11.8. The summed E-state index contributed by atoms with van der Waals surface area (Å²) in [6.45, 7) is 6.29. The molecule has 414 valence electrons. The first-order valence-electron chi connectivity index (χ1n) is 29.5. The highest BCUT2D eigenvalue weighted by atomic mass is 16.6. The van der Waals surface area contributed by atoms with Gasteiger partial charge >= 0.3 is 17.9 Å². The van der Waals surface area contributed by atoms with E-state index in [4.69, 9.17) is 14.2 Å². The van der Waals surface area contributed by atoms with Gasteiger partial charge < -0.3 is 14.2 Å². The maximum absolute atomic E-state index is 12.8. The van der Waals surface area contributed by atoms with Gasteiger partial charge in [-0.1, -0.05) is 243 Å². The summed E-state index contributed by atoms with van der Waals surface area (Å²) in [5.41, 5.74) is 0. The van der Waals surface area contributed by atoms with Crippen molar-refractivity contribution >= 4 is 17.9 Å². The van der Waals surface area contributed by atoms with Crippen LogP contribution in [0.2, 0.25) is 0 Å².